The number of fused-ring (bicyclic) bond motifs is 1. The quantitative estimate of drug-likeness (QED) is 0.152. The molecule has 1 saturated heterocycles. The minimum atomic E-state index is -0.596. The van der Waals surface area contributed by atoms with Crippen LogP contribution in [-0.2, 0) is 22.6 Å². The number of benzene rings is 5. The minimum absolute atomic E-state index is 0.00827. The molecule has 2 heterocycles. The number of imide groups is 1. The molecule has 1 fully saturated rings. The van der Waals surface area contributed by atoms with E-state index in [4.69, 9.17) is 9.47 Å². The maximum Gasteiger partial charge on any atom is 0.261 e. The monoisotopic (exact) mass is 666 g/mol. The predicted octanol–water partition coefficient (Wildman–Crippen LogP) is 8.13. The Labute approximate surface area is 293 Å². The maximum absolute atomic E-state index is 13.1. The SMILES string of the molecule is CC1C(CN(C)C(C)c2ccccc2)OC(c2ccc(-c3ccccc3CN3C(=O)c4ccccc4C3=O)cc2)OC1c1ccc(CO)cc1. The van der Waals surface area contributed by atoms with Crippen molar-refractivity contribution in [3.63, 3.8) is 0 Å². The summed E-state index contributed by atoms with van der Waals surface area (Å²) in [5, 5.41) is 9.63. The van der Waals surface area contributed by atoms with Gasteiger partial charge in [-0.05, 0) is 59.5 Å². The topological polar surface area (TPSA) is 79.3 Å². The van der Waals surface area contributed by atoms with Gasteiger partial charge in [0.15, 0.2) is 6.29 Å². The van der Waals surface area contributed by atoms with Gasteiger partial charge in [0.25, 0.3) is 11.8 Å². The average molecular weight is 667 g/mol. The van der Waals surface area contributed by atoms with E-state index >= 15 is 0 Å². The van der Waals surface area contributed by atoms with Crippen molar-refractivity contribution in [2.75, 3.05) is 13.6 Å². The molecule has 7 heteroatoms. The largest absolute Gasteiger partial charge is 0.392 e. The molecule has 7 rings (SSSR count). The van der Waals surface area contributed by atoms with Crippen LogP contribution in [0.25, 0.3) is 11.1 Å². The van der Waals surface area contributed by atoms with Gasteiger partial charge < -0.3 is 14.6 Å². The van der Waals surface area contributed by atoms with Crippen molar-refractivity contribution >= 4 is 11.8 Å². The van der Waals surface area contributed by atoms with Crippen LogP contribution < -0.4 is 0 Å². The standard InChI is InChI=1S/C43H42N2O5/c1-28-39(26-44(3)29(2)31-11-5-4-6-12-31)49-43(50-40(28)33-19-17-30(27-46)18-20-33)34-23-21-32(22-24-34)36-14-8-7-13-35(36)25-45-41(47)37-15-9-10-16-38(37)42(45)48/h4-24,28-29,39-40,43,46H,25-27H2,1-3H3. The first-order valence-electron chi connectivity index (χ1n) is 17.2. The van der Waals surface area contributed by atoms with Crippen molar-refractivity contribution in [3.05, 3.63) is 166 Å². The number of likely N-dealkylation sites (N-methyl/N-ethyl adjacent to an activating group) is 1. The highest BCUT2D eigenvalue weighted by Gasteiger charge is 2.39. The summed E-state index contributed by atoms with van der Waals surface area (Å²) in [4.78, 5) is 29.9. The molecular weight excluding hydrogens is 624 g/mol. The Morgan fingerprint density at radius 3 is 1.94 bits per heavy atom. The number of rotatable bonds is 10. The number of carbonyl (C=O) groups is 2. The summed E-state index contributed by atoms with van der Waals surface area (Å²) in [6, 6.07) is 41.7. The van der Waals surface area contributed by atoms with Crippen LogP contribution in [0.1, 0.15) is 80.8 Å². The van der Waals surface area contributed by atoms with Crippen molar-refractivity contribution in [2.45, 2.75) is 51.5 Å². The summed E-state index contributed by atoms with van der Waals surface area (Å²) in [6.07, 6.45) is -0.929. The molecule has 5 aromatic carbocycles. The molecule has 0 radical (unpaired) electrons. The van der Waals surface area contributed by atoms with Gasteiger partial charge in [-0.1, -0.05) is 122 Å². The summed E-state index contributed by atoms with van der Waals surface area (Å²) >= 11 is 0. The number of carbonyl (C=O) groups excluding carboxylic acids is 2. The van der Waals surface area contributed by atoms with Crippen molar-refractivity contribution < 1.29 is 24.2 Å². The minimum Gasteiger partial charge on any atom is -0.392 e. The van der Waals surface area contributed by atoms with Gasteiger partial charge in [0.1, 0.15) is 0 Å². The fraction of sp³-hybridized carbons (Fsp3) is 0.256. The number of hydrogen-bond acceptors (Lipinski definition) is 6. The van der Waals surface area contributed by atoms with Gasteiger partial charge in [-0.2, -0.15) is 0 Å². The first-order valence-corrected chi connectivity index (χ1v) is 17.2. The van der Waals surface area contributed by atoms with Gasteiger partial charge in [0, 0.05) is 24.1 Å². The molecule has 50 heavy (non-hydrogen) atoms. The van der Waals surface area contributed by atoms with Gasteiger partial charge in [-0.15, -0.1) is 0 Å². The maximum atomic E-state index is 13.1. The summed E-state index contributed by atoms with van der Waals surface area (Å²) in [5.74, 6) is -0.476. The fourth-order valence-electron chi connectivity index (χ4n) is 7.07. The third kappa shape index (κ3) is 6.65. The number of nitrogens with zero attached hydrogens (tertiary/aromatic N) is 2. The lowest BCUT2D eigenvalue weighted by Crippen LogP contribution is -2.44. The van der Waals surface area contributed by atoms with E-state index in [2.05, 4.69) is 50.1 Å². The zero-order valence-electron chi connectivity index (χ0n) is 28.6. The molecule has 5 aromatic rings. The van der Waals surface area contributed by atoms with Crippen LogP contribution in [0.15, 0.2) is 127 Å². The zero-order chi connectivity index (χ0) is 34.8. The smallest absolute Gasteiger partial charge is 0.261 e. The predicted molar refractivity (Wildman–Crippen MR) is 193 cm³/mol. The van der Waals surface area contributed by atoms with E-state index in [0.717, 1.165) is 33.4 Å². The van der Waals surface area contributed by atoms with Crippen molar-refractivity contribution in [1.82, 2.24) is 9.80 Å². The molecule has 254 valence electrons. The Balaban J connectivity index is 1.13. The highest BCUT2D eigenvalue weighted by Crippen LogP contribution is 2.42. The molecule has 5 unspecified atom stereocenters. The second-order valence-electron chi connectivity index (χ2n) is 13.4. The van der Waals surface area contributed by atoms with Crippen LogP contribution in [0.3, 0.4) is 0 Å². The van der Waals surface area contributed by atoms with E-state index in [1.165, 1.54) is 10.5 Å². The first-order chi connectivity index (χ1) is 24.3. The average Bonchev–Trinajstić information content (AvgIpc) is 3.40. The van der Waals surface area contributed by atoms with Gasteiger partial charge >= 0.3 is 0 Å². The summed E-state index contributed by atoms with van der Waals surface area (Å²) in [6.45, 7) is 5.29. The Morgan fingerprint density at radius 1 is 0.720 bits per heavy atom. The Kier molecular flexibility index (Phi) is 9.74. The molecule has 0 bridgehead atoms. The number of amides is 2. The van der Waals surface area contributed by atoms with E-state index < -0.39 is 6.29 Å². The van der Waals surface area contributed by atoms with Gasteiger partial charge in [0.05, 0.1) is 36.5 Å². The van der Waals surface area contributed by atoms with Gasteiger partial charge in [0.2, 0.25) is 0 Å². The normalized spacial score (nSPS) is 21.0. The lowest BCUT2D eigenvalue weighted by atomic mass is 9.89. The molecule has 2 aliphatic rings. The van der Waals surface area contributed by atoms with E-state index in [9.17, 15) is 14.7 Å². The van der Waals surface area contributed by atoms with Crippen LogP contribution >= 0.6 is 0 Å². The molecule has 0 aliphatic carbocycles. The van der Waals surface area contributed by atoms with Gasteiger partial charge in [-0.3, -0.25) is 19.4 Å². The number of ether oxygens (including phenoxy) is 2. The highest BCUT2D eigenvalue weighted by molar-refractivity contribution is 6.21. The second kappa shape index (κ2) is 14.5. The van der Waals surface area contributed by atoms with Crippen LogP contribution in [0, 0.1) is 5.92 Å². The van der Waals surface area contributed by atoms with Crippen molar-refractivity contribution in [1.29, 1.82) is 0 Å². The third-order valence-electron chi connectivity index (χ3n) is 10.3. The van der Waals surface area contributed by atoms with Gasteiger partial charge in [-0.25, -0.2) is 0 Å². The third-order valence-corrected chi connectivity index (χ3v) is 10.3. The molecule has 5 atom stereocenters. The van der Waals surface area contributed by atoms with Crippen LogP contribution in [-0.4, -0.2) is 46.4 Å². The van der Waals surface area contributed by atoms with E-state index in [0.29, 0.717) is 17.7 Å². The number of hydrogen-bond donors (Lipinski definition) is 1. The summed E-state index contributed by atoms with van der Waals surface area (Å²) in [5.41, 5.74) is 7.75. The highest BCUT2D eigenvalue weighted by atomic mass is 16.7. The van der Waals surface area contributed by atoms with E-state index in [1.54, 1.807) is 24.3 Å². The second-order valence-corrected chi connectivity index (χ2v) is 13.4. The lowest BCUT2D eigenvalue weighted by Gasteiger charge is -2.43. The van der Waals surface area contributed by atoms with Crippen LogP contribution in [0.4, 0.5) is 0 Å². The van der Waals surface area contributed by atoms with Crippen LogP contribution in [0.5, 0.6) is 0 Å². The molecule has 0 spiro atoms. The van der Waals surface area contributed by atoms with Crippen molar-refractivity contribution in [2.24, 2.45) is 5.92 Å². The Hall–Kier alpha value is -4.92. The molecule has 0 aromatic heterocycles. The van der Waals surface area contributed by atoms with E-state index in [-0.39, 0.29) is 49.1 Å². The van der Waals surface area contributed by atoms with Crippen molar-refractivity contribution in [3.8, 4) is 11.1 Å². The molecular formula is C43H42N2O5. The number of aliphatic hydroxyl groups excluding tert-OH is 1. The number of aliphatic hydroxyl groups is 1. The van der Waals surface area contributed by atoms with E-state index in [1.807, 2.05) is 78.9 Å². The zero-order valence-corrected chi connectivity index (χ0v) is 28.6. The Bertz CT molecular complexity index is 1930. The molecule has 7 nitrogen and oxygen atoms in total. The summed E-state index contributed by atoms with van der Waals surface area (Å²) in [7, 11) is 2.14. The first kappa shape index (κ1) is 33.6. The fourth-order valence-corrected chi connectivity index (χ4v) is 7.07. The molecule has 1 N–H and O–H groups in total. The van der Waals surface area contributed by atoms with Crippen LogP contribution in [0.2, 0.25) is 0 Å². The molecule has 2 aliphatic heterocycles. The summed E-state index contributed by atoms with van der Waals surface area (Å²) < 4.78 is 13.5. The molecule has 2 amide bonds. The lowest BCUT2D eigenvalue weighted by molar-refractivity contribution is -0.276. The molecule has 0 saturated carbocycles. The Morgan fingerprint density at radius 2 is 1.30 bits per heavy atom.